The summed E-state index contributed by atoms with van der Waals surface area (Å²) in [5.74, 6) is 1.01. The summed E-state index contributed by atoms with van der Waals surface area (Å²) in [7, 11) is 0. The van der Waals surface area contributed by atoms with Crippen LogP contribution >= 0.6 is 0 Å². The molecule has 1 fully saturated rings. The van der Waals surface area contributed by atoms with E-state index in [1.54, 1.807) is 0 Å². The molecule has 1 aliphatic rings. The number of ether oxygens (including phenoxy) is 1. The molecule has 0 saturated heterocycles. The summed E-state index contributed by atoms with van der Waals surface area (Å²) in [4.78, 5) is 0. The van der Waals surface area contributed by atoms with E-state index < -0.39 is 5.60 Å². The molecule has 100 valence electrons. The third-order valence-corrected chi connectivity index (χ3v) is 3.50. The van der Waals surface area contributed by atoms with E-state index in [4.69, 9.17) is 15.6 Å². The third kappa shape index (κ3) is 3.22. The van der Waals surface area contributed by atoms with Gasteiger partial charge in [0, 0.05) is 13.2 Å². The lowest BCUT2D eigenvalue weighted by atomic mass is 9.99. The molecule has 4 heteroatoms. The molecule has 18 heavy (non-hydrogen) atoms. The van der Waals surface area contributed by atoms with Crippen molar-refractivity contribution >= 4 is 0 Å². The molecule has 0 aliphatic heterocycles. The van der Waals surface area contributed by atoms with Gasteiger partial charge in [-0.25, -0.2) is 0 Å². The van der Waals surface area contributed by atoms with Gasteiger partial charge in [0.2, 0.25) is 0 Å². The lowest BCUT2D eigenvalue weighted by molar-refractivity contribution is -0.0162. The Hall–Kier alpha value is -1.10. The van der Waals surface area contributed by atoms with E-state index in [2.05, 4.69) is 0 Å². The molecule has 0 amide bonds. The Bertz CT molecular complexity index is 375. The van der Waals surface area contributed by atoms with Crippen LogP contribution in [0.4, 0.5) is 0 Å². The van der Waals surface area contributed by atoms with Gasteiger partial charge in [0.1, 0.15) is 18.0 Å². The number of aliphatic hydroxyl groups excluding tert-OH is 1. The Morgan fingerprint density at radius 3 is 2.44 bits per heavy atom. The first-order valence-electron chi connectivity index (χ1n) is 6.43. The van der Waals surface area contributed by atoms with Gasteiger partial charge >= 0.3 is 0 Å². The molecule has 1 atom stereocenters. The number of nitrogens with two attached hydrogens (primary N) is 1. The molecule has 0 bridgehead atoms. The van der Waals surface area contributed by atoms with Crippen molar-refractivity contribution in [2.24, 2.45) is 11.7 Å². The van der Waals surface area contributed by atoms with Crippen molar-refractivity contribution in [3.05, 3.63) is 29.8 Å². The van der Waals surface area contributed by atoms with E-state index in [0.29, 0.717) is 6.42 Å². The largest absolute Gasteiger partial charge is 0.491 e. The van der Waals surface area contributed by atoms with Crippen molar-refractivity contribution in [1.82, 2.24) is 0 Å². The number of hydrogen-bond acceptors (Lipinski definition) is 4. The molecule has 1 aromatic carbocycles. The maximum atomic E-state index is 10.3. The summed E-state index contributed by atoms with van der Waals surface area (Å²) in [5.41, 5.74) is 5.80. The number of benzene rings is 1. The zero-order chi connectivity index (χ0) is 13.0. The van der Waals surface area contributed by atoms with E-state index in [0.717, 1.165) is 24.2 Å². The van der Waals surface area contributed by atoms with Crippen LogP contribution < -0.4 is 10.5 Å². The molecule has 2 rings (SSSR count). The topological polar surface area (TPSA) is 75.7 Å². The van der Waals surface area contributed by atoms with Crippen molar-refractivity contribution in [2.75, 3.05) is 19.8 Å². The van der Waals surface area contributed by atoms with Crippen LogP contribution in [0.2, 0.25) is 0 Å². The predicted molar refractivity (Wildman–Crippen MR) is 69.5 cm³/mol. The van der Waals surface area contributed by atoms with Crippen LogP contribution in [0.5, 0.6) is 5.75 Å². The first-order valence-corrected chi connectivity index (χ1v) is 6.43. The molecule has 4 N–H and O–H groups in total. The first kappa shape index (κ1) is 13.3. The van der Waals surface area contributed by atoms with Crippen LogP contribution in [0, 0.1) is 5.92 Å². The van der Waals surface area contributed by atoms with E-state index in [9.17, 15) is 5.11 Å². The number of aliphatic hydroxyl groups is 2. The fourth-order valence-corrected chi connectivity index (χ4v) is 2.05. The second kappa shape index (κ2) is 5.69. The average Bonchev–Trinajstić information content (AvgIpc) is 3.23. The second-order valence-corrected chi connectivity index (χ2v) is 4.99. The van der Waals surface area contributed by atoms with Gasteiger partial charge in [0.15, 0.2) is 0 Å². The fourth-order valence-electron chi connectivity index (χ4n) is 2.05. The lowest BCUT2D eigenvalue weighted by Gasteiger charge is -2.26. The maximum absolute atomic E-state index is 10.3. The van der Waals surface area contributed by atoms with Gasteiger partial charge in [0.05, 0.1) is 0 Å². The molecule has 0 radical (unpaired) electrons. The predicted octanol–water partition coefficient (Wildman–Crippen LogP) is 0.700. The van der Waals surface area contributed by atoms with Crippen LogP contribution in [0.25, 0.3) is 0 Å². The summed E-state index contributed by atoms with van der Waals surface area (Å²) in [6.07, 6.45) is 2.72. The van der Waals surface area contributed by atoms with Crippen molar-refractivity contribution in [3.63, 3.8) is 0 Å². The lowest BCUT2D eigenvalue weighted by Crippen LogP contribution is -2.45. The van der Waals surface area contributed by atoms with Gasteiger partial charge in [-0.2, -0.15) is 0 Å². The fraction of sp³-hybridized carbons (Fsp3) is 0.571. The minimum absolute atomic E-state index is 0.148. The summed E-state index contributed by atoms with van der Waals surface area (Å²) >= 11 is 0. The molecular formula is C14H21NO3. The monoisotopic (exact) mass is 251 g/mol. The van der Waals surface area contributed by atoms with E-state index in [1.807, 2.05) is 24.3 Å². The highest BCUT2D eigenvalue weighted by molar-refractivity contribution is 5.27. The molecule has 1 unspecified atom stereocenters. The molecule has 1 aliphatic carbocycles. The molecule has 0 spiro atoms. The Kier molecular flexibility index (Phi) is 4.22. The van der Waals surface area contributed by atoms with Crippen LogP contribution in [0.3, 0.4) is 0 Å². The highest BCUT2D eigenvalue weighted by atomic mass is 16.5. The third-order valence-electron chi connectivity index (χ3n) is 3.50. The van der Waals surface area contributed by atoms with Crippen molar-refractivity contribution in [1.29, 1.82) is 0 Å². The van der Waals surface area contributed by atoms with Crippen LogP contribution in [-0.4, -0.2) is 35.6 Å². The highest BCUT2D eigenvalue weighted by Crippen LogP contribution is 2.39. The van der Waals surface area contributed by atoms with E-state index in [1.165, 1.54) is 0 Å². The highest BCUT2D eigenvalue weighted by Gasteiger charge is 2.43. The average molecular weight is 251 g/mol. The van der Waals surface area contributed by atoms with Gasteiger partial charge < -0.3 is 20.7 Å². The Morgan fingerprint density at radius 2 is 1.94 bits per heavy atom. The van der Waals surface area contributed by atoms with E-state index >= 15 is 0 Å². The van der Waals surface area contributed by atoms with E-state index in [-0.39, 0.29) is 25.7 Å². The molecular weight excluding hydrogens is 230 g/mol. The van der Waals surface area contributed by atoms with Gasteiger partial charge in [-0.3, -0.25) is 0 Å². The SMILES string of the molecule is NCC(O)(COc1ccc(CCO)cc1)C1CC1. The molecule has 1 aromatic rings. The van der Waals surface area contributed by atoms with Gasteiger partial charge in [0.25, 0.3) is 0 Å². The smallest absolute Gasteiger partial charge is 0.119 e. The zero-order valence-electron chi connectivity index (χ0n) is 10.5. The quantitative estimate of drug-likeness (QED) is 0.667. The standard InChI is InChI=1S/C14H21NO3/c15-9-14(17,12-3-4-12)10-18-13-5-1-11(2-6-13)7-8-16/h1-2,5-6,12,16-17H,3-4,7-10,15H2. The second-order valence-electron chi connectivity index (χ2n) is 4.99. The Balaban J connectivity index is 1.89. The summed E-state index contributed by atoms with van der Waals surface area (Å²) in [6, 6.07) is 7.55. The molecule has 0 aromatic heterocycles. The minimum atomic E-state index is -0.885. The number of rotatable bonds is 7. The summed E-state index contributed by atoms with van der Waals surface area (Å²) in [6.45, 7) is 0.628. The van der Waals surface area contributed by atoms with Crippen molar-refractivity contribution in [3.8, 4) is 5.75 Å². The Morgan fingerprint density at radius 1 is 1.28 bits per heavy atom. The van der Waals surface area contributed by atoms with Crippen molar-refractivity contribution in [2.45, 2.75) is 24.9 Å². The van der Waals surface area contributed by atoms with Crippen molar-refractivity contribution < 1.29 is 14.9 Å². The summed E-state index contributed by atoms with van der Waals surface area (Å²) < 4.78 is 5.60. The van der Waals surface area contributed by atoms with Gasteiger partial charge in [-0.15, -0.1) is 0 Å². The first-order chi connectivity index (χ1) is 8.68. The number of hydrogen-bond donors (Lipinski definition) is 3. The maximum Gasteiger partial charge on any atom is 0.119 e. The molecule has 1 saturated carbocycles. The molecule has 0 heterocycles. The molecule has 4 nitrogen and oxygen atoms in total. The van der Waals surface area contributed by atoms with Crippen LogP contribution in [-0.2, 0) is 6.42 Å². The van der Waals surface area contributed by atoms with Gasteiger partial charge in [-0.1, -0.05) is 12.1 Å². The minimum Gasteiger partial charge on any atom is -0.491 e. The zero-order valence-corrected chi connectivity index (χ0v) is 10.5. The summed E-state index contributed by atoms with van der Waals surface area (Å²) in [5, 5.41) is 19.1. The van der Waals surface area contributed by atoms with Crippen LogP contribution in [0.15, 0.2) is 24.3 Å². The normalized spacial score (nSPS) is 18.4. The van der Waals surface area contributed by atoms with Crippen LogP contribution in [0.1, 0.15) is 18.4 Å². The van der Waals surface area contributed by atoms with Gasteiger partial charge in [-0.05, 0) is 42.9 Å². The Labute approximate surface area is 107 Å².